The Labute approximate surface area is 209 Å². The van der Waals surface area contributed by atoms with Crippen LogP contribution in [0.25, 0.3) is 0 Å². The van der Waals surface area contributed by atoms with Crippen LogP contribution in [0.4, 0.5) is 8.78 Å². The van der Waals surface area contributed by atoms with Crippen LogP contribution in [-0.2, 0) is 30.8 Å². The van der Waals surface area contributed by atoms with Crippen molar-refractivity contribution < 1.29 is 13.6 Å². The second kappa shape index (κ2) is 8.89. The van der Waals surface area contributed by atoms with E-state index in [1.165, 1.54) is 0 Å². The number of nitrogens with zero attached hydrogens (tertiary/aromatic N) is 4. The van der Waals surface area contributed by atoms with Crippen molar-refractivity contribution in [1.82, 2.24) is 14.8 Å². The van der Waals surface area contributed by atoms with Crippen LogP contribution in [0.5, 0.6) is 0 Å². The number of fused-ring (bicyclic) bond motifs is 2. The molecule has 5 nitrogen and oxygen atoms in total. The van der Waals surface area contributed by atoms with Gasteiger partial charge >= 0.3 is 0 Å². The summed E-state index contributed by atoms with van der Waals surface area (Å²) >= 11 is 0. The number of carbonyl (C=O) groups is 1. The topological polar surface area (TPSA) is 48.8 Å². The highest BCUT2D eigenvalue weighted by Crippen LogP contribution is 2.35. The van der Waals surface area contributed by atoms with E-state index in [4.69, 9.17) is 4.99 Å². The Hall–Kier alpha value is -3.45. The van der Waals surface area contributed by atoms with Crippen LogP contribution in [0.2, 0.25) is 0 Å². The number of pyridine rings is 1. The highest BCUT2D eigenvalue weighted by molar-refractivity contribution is 6.15. The SMILES string of the molecule is Cc1cc(C2=NCc3cc4c(cc32)CN(C2CN(Cc3ccccc3)CC(F)(F)C2)C(=O)C4)ccn1. The third-order valence-electron chi connectivity index (χ3n) is 7.41. The number of likely N-dealkylation sites (tertiary alicyclic amines) is 1. The third-order valence-corrected chi connectivity index (χ3v) is 7.41. The number of benzene rings is 2. The number of halogens is 2. The lowest BCUT2D eigenvalue weighted by molar-refractivity contribution is -0.143. The Morgan fingerprint density at radius 1 is 1.06 bits per heavy atom. The first kappa shape index (κ1) is 23.0. The van der Waals surface area contributed by atoms with E-state index >= 15 is 0 Å². The number of aromatic nitrogens is 1. The Morgan fingerprint density at radius 2 is 1.89 bits per heavy atom. The molecule has 0 spiro atoms. The van der Waals surface area contributed by atoms with Gasteiger partial charge in [-0.2, -0.15) is 0 Å². The lowest BCUT2D eigenvalue weighted by Crippen LogP contribution is -2.57. The molecule has 4 heterocycles. The van der Waals surface area contributed by atoms with Gasteiger partial charge in [0.05, 0.1) is 31.3 Å². The molecule has 2 aromatic carbocycles. The van der Waals surface area contributed by atoms with Crippen LogP contribution in [0.1, 0.15) is 45.5 Å². The first-order valence-electron chi connectivity index (χ1n) is 12.4. The Morgan fingerprint density at radius 3 is 2.69 bits per heavy atom. The first-order chi connectivity index (χ1) is 17.3. The highest BCUT2D eigenvalue weighted by atomic mass is 19.3. The summed E-state index contributed by atoms with van der Waals surface area (Å²) in [6.45, 7) is 3.50. The molecule has 36 heavy (non-hydrogen) atoms. The molecule has 0 saturated carbocycles. The summed E-state index contributed by atoms with van der Waals surface area (Å²) in [5.74, 6) is -2.91. The minimum atomic E-state index is -2.84. The van der Waals surface area contributed by atoms with Crippen molar-refractivity contribution in [1.29, 1.82) is 0 Å². The van der Waals surface area contributed by atoms with Crippen molar-refractivity contribution in [3.05, 3.63) is 99.9 Å². The normalized spacial score (nSPS) is 21.2. The molecule has 6 rings (SSSR count). The van der Waals surface area contributed by atoms with E-state index in [2.05, 4.69) is 17.1 Å². The molecular formula is C29H28F2N4O. The lowest BCUT2D eigenvalue weighted by Gasteiger charge is -2.44. The van der Waals surface area contributed by atoms with Crippen LogP contribution >= 0.6 is 0 Å². The summed E-state index contributed by atoms with van der Waals surface area (Å²) in [5.41, 5.74) is 8.06. The van der Waals surface area contributed by atoms with Gasteiger partial charge in [-0.25, -0.2) is 8.78 Å². The van der Waals surface area contributed by atoms with Crippen molar-refractivity contribution in [2.24, 2.45) is 4.99 Å². The summed E-state index contributed by atoms with van der Waals surface area (Å²) in [7, 11) is 0. The first-order valence-corrected chi connectivity index (χ1v) is 12.4. The summed E-state index contributed by atoms with van der Waals surface area (Å²) in [4.78, 5) is 25.7. The number of aryl methyl sites for hydroxylation is 1. The van der Waals surface area contributed by atoms with Crippen molar-refractivity contribution >= 4 is 11.6 Å². The number of rotatable bonds is 4. The molecule has 3 aromatic rings. The smallest absolute Gasteiger partial charge is 0.262 e. The number of alkyl halides is 2. The van der Waals surface area contributed by atoms with Crippen LogP contribution in [0.15, 0.2) is 65.8 Å². The van der Waals surface area contributed by atoms with E-state index in [0.717, 1.165) is 44.8 Å². The third kappa shape index (κ3) is 4.44. The zero-order valence-corrected chi connectivity index (χ0v) is 20.3. The lowest BCUT2D eigenvalue weighted by atomic mass is 9.89. The molecule has 1 saturated heterocycles. The van der Waals surface area contributed by atoms with Crippen molar-refractivity contribution in [2.45, 2.75) is 51.4 Å². The maximum Gasteiger partial charge on any atom is 0.262 e. The molecule has 0 bridgehead atoms. The Kier molecular flexibility index (Phi) is 5.67. The summed E-state index contributed by atoms with van der Waals surface area (Å²) < 4.78 is 29.7. The molecule has 1 fully saturated rings. The van der Waals surface area contributed by atoms with E-state index in [-0.39, 0.29) is 25.3 Å². The maximum atomic E-state index is 14.8. The zero-order chi connectivity index (χ0) is 24.9. The van der Waals surface area contributed by atoms with Crippen molar-refractivity contribution in [3.8, 4) is 0 Å². The molecule has 1 amide bonds. The molecule has 1 aromatic heterocycles. The monoisotopic (exact) mass is 486 g/mol. The summed E-state index contributed by atoms with van der Waals surface area (Å²) in [6.07, 6.45) is 1.73. The van der Waals surface area contributed by atoms with Gasteiger partial charge in [0.2, 0.25) is 5.91 Å². The maximum absolute atomic E-state index is 14.8. The molecule has 0 N–H and O–H groups in total. The second-order valence-electron chi connectivity index (χ2n) is 10.2. The number of hydrogen-bond acceptors (Lipinski definition) is 4. The fraction of sp³-hybridized carbons (Fsp3) is 0.345. The molecule has 184 valence electrons. The predicted molar refractivity (Wildman–Crippen MR) is 134 cm³/mol. The van der Waals surface area contributed by atoms with Gasteiger partial charge in [0.25, 0.3) is 5.92 Å². The van der Waals surface area contributed by atoms with Gasteiger partial charge in [0.15, 0.2) is 0 Å². The van der Waals surface area contributed by atoms with Crippen LogP contribution in [0, 0.1) is 6.92 Å². The van der Waals surface area contributed by atoms with Gasteiger partial charge in [0, 0.05) is 49.1 Å². The molecule has 0 aliphatic carbocycles. The van der Waals surface area contributed by atoms with Gasteiger partial charge in [-0.3, -0.25) is 19.7 Å². The predicted octanol–water partition coefficient (Wildman–Crippen LogP) is 4.54. The fourth-order valence-corrected chi connectivity index (χ4v) is 5.80. The number of amides is 1. The number of hydrogen-bond donors (Lipinski definition) is 0. The van der Waals surface area contributed by atoms with E-state index in [1.807, 2.05) is 49.4 Å². The van der Waals surface area contributed by atoms with Crippen LogP contribution in [0.3, 0.4) is 0 Å². The van der Waals surface area contributed by atoms with Crippen molar-refractivity contribution in [2.75, 3.05) is 13.1 Å². The quantitative estimate of drug-likeness (QED) is 0.544. The molecule has 1 unspecified atom stereocenters. The van der Waals surface area contributed by atoms with Crippen LogP contribution < -0.4 is 0 Å². The van der Waals surface area contributed by atoms with Gasteiger partial charge in [-0.05, 0) is 47.4 Å². The van der Waals surface area contributed by atoms with E-state index in [1.54, 1.807) is 16.0 Å². The Bertz CT molecular complexity index is 1350. The molecule has 3 aliphatic heterocycles. The zero-order valence-electron chi connectivity index (χ0n) is 20.3. The van der Waals surface area contributed by atoms with Gasteiger partial charge < -0.3 is 4.90 Å². The molecule has 3 aliphatic rings. The average molecular weight is 487 g/mol. The standard InChI is InChI=1S/C29H28F2N4O/c1-19-9-21(7-8-32-19)28-26-11-24-16-35(27(36)12-22(24)10-23(26)14-33-28)25-13-29(30,31)18-34(17-25)15-20-5-3-2-4-6-20/h2-11,25H,12-18H2,1H3. The minimum absolute atomic E-state index is 0.0753. The van der Waals surface area contributed by atoms with Gasteiger partial charge in [-0.1, -0.05) is 36.4 Å². The molecule has 1 atom stereocenters. The average Bonchev–Trinajstić information content (AvgIpc) is 3.24. The highest BCUT2D eigenvalue weighted by Gasteiger charge is 2.44. The summed E-state index contributed by atoms with van der Waals surface area (Å²) in [5, 5.41) is 0. The van der Waals surface area contributed by atoms with E-state index < -0.39 is 12.0 Å². The van der Waals surface area contributed by atoms with Gasteiger partial charge in [-0.15, -0.1) is 0 Å². The largest absolute Gasteiger partial charge is 0.334 e. The number of carbonyl (C=O) groups excluding carboxylic acids is 1. The summed E-state index contributed by atoms with van der Waals surface area (Å²) in [6, 6.07) is 17.3. The molecule has 0 radical (unpaired) electrons. The van der Waals surface area contributed by atoms with Gasteiger partial charge in [0.1, 0.15) is 0 Å². The Balaban J connectivity index is 1.26. The number of piperidine rings is 1. The second-order valence-corrected chi connectivity index (χ2v) is 10.2. The minimum Gasteiger partial charge on any atom is -0.334 e. The van der Waals surface area contributed by atoms with E-state index in [9.17, 15) is 13.6 Å². The van der Waals surface area contributed by atoms with Crippen LogP contribution in [-0.4, -0.2) is 51.5 Å². The molecular weight excluding hydrogens is 458 g/mol. The molecule has 7 heteroatoms. The number of aliphatic imine (C=N–C) groups is 1. The van der Waals surface area contributed by atoms with E-state index in [0.29, 0.717) is 26.2 Å². The fourth-order valence-electron chi connectivity index (χ4n) is 5.80. The van der Waals surface area contributed by atoms with Crippen molar-refractivity contribution in [3.63, 3.8) is 0 Å².